The van der Waals surface area contributed by atoms with Crippen LogP contribution >= 0.6 is 0 Å². The first kappa shape index (κ1) is 9.46. The fourth-order valence-corrected chi connectivity index (χ4v) is 1.40. The zero-order valence-electron chi connectivity index (χ0n) is 8.49. The van der Waals surface area contributed by atoms with Crippen LogP contribution in [0.4, 0.5) is 0 Å². The molecule has 3 heteroatoms. The molecule has 2 rings (SSSR count). The van der Waals surface area contributed by atoms with E-state index >= 15 is 0 Å². The van der Waals surface area contributed by atoms with Gasteiger partial charge in [-0.2, -0.15) is 0 Å². The average Bonchev–Trinajstić information content (AvgIpc) is 3.02. The Balaban J connectivity index is 1.81. The van der Waals surface area contributed by atoms with Gasteiger partial charge in [0.2, 0.25) is 5.88 Å². The Hall–Kier alpha value is -1.09. The molecule has 1 N–H and O–H groups in total. The molecule has 1 heterocycles. The first-order chi connectivity index (χ1) is 6.88. The zero-order chi connectivity index (χ0) is 9.80. The summed E-state index contributed by atoms with van der Waals surface area (Å²) in [7, 11) is 1.65. The van der Waals surface area contributed by atoms with E-state index in [1.54, 1.807) is 7.11 Å². The summed E-state index contributed by atoms with van der Waals surface area (Å²) in [6.07, 6.45) is 3.66. The largest absolute Gasteiger partial charge is 0.481 e. The number of rotatable bonds is 5. The number of hydrogen-bond acceptors (Lipinski definition) is 3. The number of aromatic nitrogens is 1. The van der Waals surface area contributed by atoms with Crippen LogP contribution in [0.3, 0.4) is 0 Å². The van der Waals surface area contributed by atoms with Crippen molar-refractivity contribution in [3.05, 3.63) is 23.9 Å². The van der Waals surface area contributed by atoms with Crippen molar-refractivity contribution >= 4 is 0 Å². The van der Waals surface area contributed by atoms with Crippen molar-refractivity contribution in [1.82, 2.24) is 10.3 Å². The van der Waals surface area contributed by atoms with Gasteiger partial charge < -0.3 is 10.1 Å². The van der Waals surface area contributed by atoms with E-state index in [-0.39, 0.29) is 0 Å². The van der Waals surface area contributed by atoms with E-state index in [0.717, 1.165) is 24.7 Å². The molecule has 0 saturated heterocycles. The quantitative estimate of drug-likeness (QED) is 0.765. The number of ether oxygens (including phenoxy) is 1. The molecule has 1 aromatic rings. The SMILES string of the molecule is COc1cccc(CCNC2CC2)n1. The molecule has 3 nitrogen and oxygen atoms in total. The summed E-state index contributed by atoms with van der Waals surface area (Å²) in [5.74, 6) is 0.703. The van der Waals surface area contributed by atoms with E-state index in [4.69, 9.17) is 4.74 Å². The molecule has 0 atom stereocenters. The van der Waals surface area contributed by atoms with Crippen LogP contribution in [0.15, 0.2) is 18.2 Å². The molecule has 0 radical (unpaired) electrons. The van der Waals surface area contributed by atoms with Crippen LogP contribution in [0, 0.1) is 0 Å². The summed E-state index contributed by atoms with van der Waals surface area (Å²) in [6.45, 7) is 1.02. The molecule has 0 bridgehead atoms. The number of hydrogen-bond donors (Lipinski definition) is 1. The highest BCUT2D eigenvalue weighted by atomic mass is 16.5. The molecule has 0 aliphatic heterocycles. The smallest absolute Gasteiger partial charge is 0.213 e. The fourth-order valence-electron chi connectivity index (χ4n) is 1.40. The molecule has 14 heavy (non-hydrogen) atoms. The van der Waals surface area contributed by atoms with E-state index < -0.39 is 0 Å². The molecule has 0 unspecified atom stereocenters. The van der Waals surface area contributed by atoms with Gasteiger partial charge in [-0.15, -0.1) is 0 Å². The van der Waals surface area contributed by atoms with Gasteiger partial charge in [0.05, 0.1) is 7.11 Å². The molecular formula is C11H16N2O. The third kappa shape index (κ3) is 2.70. The Kier molecular flexibility index (Phi) is 2.99. The minimum Gasteiger partial charge on any atom is -0.481 e. The molecule has 76 valence electrons. The highest BCUT2D eigenvalue weighted by Crippen LogP contribution is 2.18. The minimum absolute atomic E-state index is 0.703. The first-order valence-corrected chi connectivity index (χ1v) is 5.12. The Morgan fingerprint density at radius 2 is 2.36 bits per heavy atom. The van der Waals surface area contributed by atoms with E-state index in [9.17, 15) is 0 Å². The average molecular weight is 192 g/mol. The van der Waals surface area contributed by atoms with Crippen LogP contribution in [0.2, 0.25) is 0 Å². The lowest BCUT2D eigenvalue weighted by Crippen LogP contribution is -2.19. The second kappa shape index (κ2) is 4.42. The van der Waals surface area contributed by atoms with Gasteiger partial charge in [0.1, 0.15) is 0 Å². The van der Waals surface area contributed by atoms with Gasteiger partial charge in [-0.05, 0) is 18.9 Å². The van der Waals surface area contributed by atoms with Gasteiger partial charge in [0.25, 0.3) is 0 Å². The Morgan fingerprint density at radius 3 is 3.07 bits per heavy atom. The van der Waals surface area contributed by atoms with Crippen molar-refractivity contribution in [3.63, 3.8) is 0 Å². The predicted molar refractivity (Wildman–Crippen MR) is 55.5 cm³/mol. The molecule has 1 aliphatic rings. The van der Waals surface area contributed by atoms with Crippen molar-refractivity contribution in [1.29, 1.82) is 0 Å². The normalized spacial score (nSPS) is 15.5. The molecular weight excluding hydrogens is 176 g/mol. The van der Waals surface area contributed by atoms with Gasteiger partial charge >= 0.3 is 0 Å². The lowest BCUT2D eigenvalue weighted by molar-refractivity contribution is 0.396. The molecule has 1 saturated carbocycles. The van der Waals surface area contributed by atoms with E-state index in [2.05, 4.69) is 10.3 Å². The third-order valence-electron chi connectivity index (χ3n) is 2.38. The fraction of sp³-hybridized carbons (Fsp3) is 0.545. The highest BCUT2D eigenvalue weighted by Gasteiger charge is 2.19. The maximum Gasteiger partial charge on any atom is 0.213 e. The zero-order valence-corrected chi connectivity index (χ0v) is 8.49. The number of nitrogens with one attached hydrogen (secondary N) is 1. The van der Waals surface area contributed by atoms with E-state index in [0.29, 0.717) is 5.88 Å². The minimum atomic E-state index is 0.703. The summed E-state index contributed by atoms with van der Waals surface area (Å²) in [6, 6.07) is 6.67. The predicted octanol–water partition coefficient (Wildman–Crippen LogP) is 1.38. The van der Waals surface area contributed by atoms with Crippen LogP contribution in [-0.4, -0.2) is 24.7 Å². The Bertz CT molecular complexity index is 297. The topological polar surface area (TPSA) is 34.1 Å². The third-order valence-corrected chi connectivity index (χ3v) is 2.38. The Labute approximate surface area is 84.5 Å². The number of methoxy groups -OCH3 is 1. The van der Waals surface area contributed by atoms with Crippen LogP contribution in [0.1, 0.15) is 18.5 Å². The second-order valence-electron chi connectivity index (χ2n) is 3.65. The molecule has 0 spiro atoms. The molecule has 0 aromatic carbocycles. The molecule has 1 fully saturated rings. The maximum absolute atomic E-state index is 5.06. The number of nitrogens with zero attached hydrogens (tertiary/aromatic N) is 1. The summed E-state index contributed by atoms with van der Waals surface area (Å²) >= 11 is 0. The lowest BCUT2D eigenvalue weighted by Gasteiger charge is -2.04. The maximum atomic E-state index is 5.06. The molecule has 1 aromatic heterocycles. The monoisotopic (exact) mass is 192 g/mol. The molecule has 0 amide bonds. The van der Waals surface area contributed by atoms with Crippen molar-refractivity contribution in [2.75, 3.05) is 13.7 Å². The summed E-state index contributed by atoms with van der Waals surface area (Å²) in [5.41, 5.74) is 1.09. The summed E-state index contributed by atoms with van der Waals surface area (Å²) in [5, 5.41) is 3.46. The first-order valence-electron chi connectivity index (χ1n) is 5.12. The van der Waals surface area contributed by atoms with Gasteiger partial charge in [0, 0.05) is 30.8 Å². The van der Waals surface area contributed by atoms with Gasteiger partial charge in [-0.25, -0.2) is 4.98 Å². The van der Waals surface area contributed by atoms with E-state index in [1.165, 1.54) is 12.8 Å². The van der Waals surface area contributed by atoms with Crippen molar-refractivity contribution in [2.45, 2.75) is 25.3 Å². The standard InChI is InChI=1S/C11H16N2O/c1-14-11-4-2-3-10(13-11)7-8-12-9-5-6-9/h2-4,9,12H,5-8H2,1H3. The Morgan fingerprint density at radius 1 is 1.50 bits per heavy atom. The van der Waals surface area contributed by atoms with Crippen LogP contribution in [-0.2, 0) is 6.42 Å². The summed E-state index contributed by atoms with van der Waals surface area (Å²) in [4.78, 5) is 4.35. The second-order valence-corrected chi connectivity index (χ2v) is 3.65. The highest BCUT2D eigenvalue weighted by molar-refractivity contribution is 5.15. The lowest BCUT2D eigenvalue weighted by atomic mass is 10.2. The van der Waals surface area contributed by atoms with Crippen LogP contribution in [0.5, 0.6) is 5.88 Å². The van der Waals surface area contributed by atoms with Crippen molar-refractivity contribution in [3.8, 4) is 5.88 Å². The number of pyridine rings is 1. The van der Waals surface area contributed by atoms with Crippen molar-refractivity contribution < 1.29 is 4.74 Å². The van der Waals surface area contributed by atoms with Crippen LogP contribution < -0.4 is 10.1 Å². The van der Waals surface area contributed by atoms with Crippen LogP contribution in [0.25, 0.3) is 0 Å². The van der Waals surface area contributed by atoms with Gasteiger partial charge in [0.15, 0.2) is 0 Å². The summed E-state index contributed by atoms with van der Waals surface area (Å²) < 4.78 is 5.06. The van der Waals surface area contributed by atoms with Crippen molar-refractivity contribution in [2.24, 2.45) is 0 Å². The van der Waals surface area contributed by atoms with Gasteiger partial charge in [-0.3, -0.25) is 0 Å². The van der Waals surface area contributed by atoms with Gasteiger partial charge in [-0.1, -0.05) is 6.07 Å². The molecule has 1 aliphatic carbocycles. The van der Waals surface area contributed by atoms with E-state index in [1.807, 2.05) is 18.2 Å².